The fourth-order valence-corrected chi connectivity index (χ4v) is 16.8. The Bertz CT molecular complexity index is 2940. The van der Waals surface area contributed by atoms with E-state index in [1.807, 2.05) is 109 Å². The minimum absolute atomic E-state index is 0.184. The lowest BCUT2D eigenvalue weighted by molar-refractivity contribution is 0.232. The number of rotatable bonds is 24. The van der Waals surface area contributed by atoms with Gasteiger partial charge in [0.05, 0.1) is 13.2 Å². The molecule has 81 heavy (non-hydrogen) atoms. The molecule has 0 amide bonds. The van der Waals surface area contributed by atoms with Gasteiger partial charge in [-0.2, -0.15) is 0 Å². The van der Waals surface area contributed by atoms with Crippen molar-refractivity contribution in [2.75, 3.05) is 26.4 Å². The molecule has 0 saturated heterocycles. The highest BCUT2D eigenvalue weighted by molar-refractivity contribution is 7.81. The van der Waals surface area contributed by atoms with E-state index in [-0.39, 0.29) is 6.61 Å². The summed E-state index contributed by atoms with van der Waals surface area (Å²) in [6, 6.07) is 93.9. The summed E-state index contributed by atoms with van der Waals surface area (Å²) < 4.78 is 25.2. The SMILES string of the molecule is C#CCOP(Cl)C(c1ccccc1)(c1ccccc1)c1ccccc1.CC#CCOP(Cl)C(c1ccccc1)(c1ccccc1)c1ccccc1.CCCCOP(OCCCC)C(c1ccccc1)(c1ccccc1)c1ccccc1. The van der Waals surface area contributed by atoms with Crippen LogP contribution >= 0.6 is 45.9 Å². The van der Waals surface area contributed by atoms with Gasteiger partial charge < -0.3 is 18.1 Å². The van der Waals surface area contributed by atoms with Crippen LogP contribution in [-0.4, -0.2) is 26.4 Å². The van der Waals surface area contributed by atoms with Crippen molar-refractivity contribution in [3.63, 3.8) is 0 Å². The van der Waals surface area contributed by atoms with Crippen molar-refractivity contribution in [3.8, 4) is 24.2 Å². The molecule has 0 aliphatic carbocycles. The first-order chi connectivity index (χ1) is 39.9. The summed E-state index contributed by atoms with van der Waals surface area (Å²) in [5, 5.41) is -1.66. The van der Waals surface area contributed by atoms with E-state index in [1.54, 1.807) is 6.92 Å². The topological polar surface area (TPSA) is 36.9 Å². The van der Waals surface area contributed by atoms with Crippen LogP contribution in [0.4, 0.5) is 0 Å². The Morgan fingerprint density at radius 1 is 0.346 bits per heavy atom. The first kappa shape index (κ1) is 62.4. The molecule has 0 saturated carbocycles. The third-order valence-electron chi connectivity index (χ3n) is 13.6. The second-order valence-electron chi connectivity index (χ2n) is 18.7. The van der Waals surface area contributed by atoms with Gasteiger partial charge in [0.15, 0.2) is 8.38 Å². The molecule has 9 aromatic carbocycles. The van der Waals surface area contributed by atoms with Gasteiger partial charge in [0, 0.05) is 0 Å². The van der Waals surface area contributed by atoms with E-state index in [0.29, 0.717) is 19.8 Å². The lowest BCUT2D eigenvalue weighted by Crippen LogP contribution is -2.29. The number of benzene rings is 9. The lowest BCUT2D eigenvalue weighted by atomic mass is 9.84. The van der Waals surface area contributed by atoms with E-state index >= 15 is 0 Å². The van der Waals surface area contributed by atoms with Gasteiger partial charge in [-0.25, -0.2) is 0 Å². The molecule has 0 aliphatic rings. The van der Waals surface area contributed by atoms with Crippen molar-refractivity contribution in [1.29, 1.82) is 0 Å². The van der Waals surface area contributed by atoms with E-state index < -0.39 is 38.8 Å². The highest BCUT2D eigenvalue weighted by atomic mass is 35.7. The van der Waals surface area contributed by atoms with Crippen LogP contribution in [0.5, 0.6) is 0 Å². The van der Waals surface area contributed by atoms with E-state index in [4.69, 9.17) is 47.0 Å². The molecule has 9 aromatic rings. The van der Waals surface area contributed by atoms with Crippen LogP contribution in [0.25, 0.3) is 0 Å². The molecule has 0 fully saturated rings. The largest absolute Gasteiger partial charge is 0.333 e. The molecule has 0 N–H and O–H groups in total. The molecule has 412 valence electrons. The Morgan fingerprint density at radius 2 is 0.568 bits per heavy atom. The zero-order chi connectivity index (χ0) is 56.9. The molecular weight excluding hydrogens is 1090 g/mol. The Kier molecular flexibility index (Phi) is 25.9. The second kappa shape index (κ2) is 33.7. The summed E-state index contributed by atoms with van der Waals surface area (Å²) in [4.78, 5) is 0. The van der Waals surface area contributed by atoms with Crippen LogP contribution in [0.1, 0.15) is 96.5 Å². The number of hydrogen-bond acceptors (Lipinski definition) is 4. The number of unbranched alkanes of at least 4 members (excludes halogenated alkanes) is 2. The quantitative estimate of drug-likeness (QED) is 0.0261. The molecule has 9 heteroatoms. The Labute approximate surface area is 496 Å². The Hall–Kier alpha value is -6.19. The van der Waals surface area contributed by atoms with Gasteiger partial charge in [0.25, 0.3) is 0 Å². The van der Waals surface area contributed by atoms with Gasteiger partial charge in [-0.05, 0) is 69.8 Å². The van der Waals surface area contributed by atoms with Crippen LogP contribution in [0.3, 0.4) is 0 Å². The van der Waals surface area contributed by atoms with Crippen molar-refractivity contribution >= 4 is 45.9 Å². The molecule has 4 nitrogen and oxygen atoms in total. The zero-order valence-electron chi connectivity index (χ0n) is 46.4. The standard InChI is InChI=1S/C27H33O2P.C23H20ClOP.C22H18ClOP/c1-3-5-22-28-30(29-23-6-4-2)27(24-16-10-7-11-17-24,25-18-12-8-13-19-25)26-20-14-9-15-21-26;1-2-3-19-25-26(24)23(20-13-7-4-8-14-20,21-15-9-5-10-16-21)22-17-11-6-12-18-22;1-2-18-24-25(23)22(19-12-6-3-7-13-19,20-14-8-4-9-15-20)21-16-10-5-11-17-21/h7-21H,3-6,22-23H2,1-2H3;4-18H,19H2,1H3;1,3-17H,18H2. The lowest BCUT2D eigenvalue weighted by Gasteiger charge is -2.40. The highest BCUT2D eigenvalue weighted by Gasteiger charge is 2.48. The van der Waals surface area contributed by atoms with Crippen LogP contribution in [0.15, 0.2) is 273 Å². The predicted octanol–water partition coefficient (Wildman–Crippen LogP) is 20.7. The number of hydrogen-bond donors (Lipinski definition) is 0. The zero-order valence-corrected chi connectivity index (χ0v) is 50.6. The molecule has 9 rings (SSSR count). The second-order valence-corrected chi connectivity index (χ2v) is 25.1. The third kappa shape index (κ3) is 15.5. The summed E-state index contributed by atoms with van der Waals surface area (Å²) >= 11 is 14.0. The number of halogens is 2. The fourth-order valence-electron chi connectivity index (χ4n) is 9.80. The summed E-state index contributed by atoms with van der Waals surface area (Å²) in [7, 11) is -4.09. The predicted molar refractivity (Wildman–Crippen MR) is 346 cm³/mol. The van der Waals surface area contributed by atoms with E-state index in [9.17, 15) is 0 Å². The normalized spacial score (nSPS) is 12.0. The van der Waals surface area contributed by atoms with Crippen LogP contribution in [-0.2, 0) is 33.6 Å². The maximum atomic E-state index is 7.02. The minimum Gasteiger partial charge on any atom is -0.333 e. The maximum Gasteiger partial charge on any atom is 0.191 e. The van der Waals surface area contributed by atoms with Crippen molar-refractivity contribution in [2.45, 2.75) is 61.9 Å². The van der Waals surface area contributed by atoms with Crippen molar-refractivity contribution < 1.29 is 18.1 Å². The van der Waals surface area contributed by atoms with Crippen LogP contribution < -0.4 is 0 Å². The van der Waals surface area contributed by atoms with Gasteiger partial charge in [0.1, 0.15) is 43.7 Å². The average Bonchev–Trinajstić information content (AvgIpc) is 3.58. The van der Waals surface area contributed by atoms with Crippen LogP contribution in [0, 0.1) is 24.2 Å². The molecule has 0 aliphatic heterocycles. The Morgan fingerprint density at radius 3 is 0.778 bits per heavy atom. The van der Waals surface area contributed by atoms with Crippen LogP contribution in [0.2, 0.25) is 0 Å². The molecular formula is C72H71Cl2O4P3. The fraction of sp³-hybridized carbons (Fsp3) is 0.194. The molecule has 2 unspecified atom stereocenters. The summed E-state index contributed by atoms with van der Waals surface area (Å²) in [6.45, 7) is 8.12. The highest BCUT2D eigenvalue weighted by Crippen LogP contribution is 2.68. The van der Waals surface area contributed by atoms with Gasteiger partial charge in [-0.3, -0.25) is 0 Å². The molecule has 0 heterocycles. The van der Waals surface area contributed by atoms with Crippen molar-refractivity contribution in [1.82, 2.24) is 0 Å². The summed E-state index contributed by atoms with van der Waals surface area (Å²) in [5.41, 5.74) is 10.2. The minimum atomic E-state index is -1.43. The summed E-state index contributed by atoms with van der Waals surface area (Å²) in [6.07, 6.45) is 9.69. The monoisotopic (exact) mass is 1160 g/mol. The summed E-state index contributed by atoms with van der Waals surface area (Å²) in [5.74, 6) is 8.37. The molecule has 2 atom stereocenters. The molecule has 0 spiro atoms. The third-order valence-corrected chi connectivity index (χ3v) is 21.2. The van der Waals surface area contributed by atoms with E-state index in [0.717, 1.165) is 59.1 Å². The van der Waals surface area contributed by atoms with Crippen molar-refractivity contribution in [3.05, 3.63) is 323 Å². The van der Waals surface area contributed by atoms with Gasteiger partial charge in [-0.1, -0.05) is 334 Å². The Balaban J connectivity index is 0.000000176. The molecule has 0 radical (unpaired) electrons. The molecule has 0 bridgehead atoms. The smallest absolute Gasteiger partial charge is 0.191 e. The first-order valence-corrected chi connectivity index (χ1v) is 33.0. The van der Waals surface area contributed by atoms with Gasteiger partial charge in [-0.15, -0.1) is 12.3 Å². The van der Waals surface area contributed by atoms with E-state index in [2.05, 4.69) is 195 Å². The van der Waals surface area contributed by atoms with Gasteiger partial charge >= 0.3 is 0 Å². The van der Waals surface area contributed by atoms with Crippen molar-refractivity contribution in [2.24, 2.45) is 0 Å². The maximum absolute atomic E-state index is 7.02. The van der Waals surface area contributed by atoms with Gasteiger partial charge in [0.2, 0.25) is 0 Å². The number of terminal acetylenes is 1. The average molecular weight is 1160 g/mol. The molecule has 0 aromatic heterocycles. The first-order valence-electron chi connectivity index (χ1n) is 27.5. The van der Waals surface area contributed by atoms with E-state index in [1.165, 1.54) is 16.7 Å².